The molecule has 2 aromatic rings. The van der Waals surface area contributed by atoms with Crippen LogP contribution in [-0.4, -0.2) is 5.11 Å². The zero-order valence-corrected chi connectivity index (χ0v) is 8.77. The Morgan fingerprint density at radius 1 is 0.933 bits per heavy atom. The molecule has 1 nitrogen and oxygen atoms in total. The maximum absolute atomic E-state index is 9.75. The van der Waals surface area contributed by atoms with E-state index in [0.29, 0.717) is 5.75 Å². The number of benzene rings is 2. The highest BCUT2D eigenvalue weighted by atomic mass is 16.3. The molecule has 0 aliphatic heterocycles. The summed E-state index contributed by atoms with van der Waals surface area (Å²) in [7, 11) is 0. The molecule has 2 aromatic carbocycles. The molecule has 76 valence electrons. The van der Waals surface area contributed by atoms with Gasteiger partial charge in [0, 0.05) is 12.0 Å². The maximum Gasteiger partial charge on any atom is 0.119 e. The van der Waals surface area contributed by atoms with Crippen LogP contribution in [0.1, 0.15) is 16.7 Å². The number of rotatable bonds is 2. The van der Waals surface area contributed by atoms with E-state index >= 15 is 0 Å². The van der Waals surface area contributed by atoms with Gasteiger partial charge in [0.2, 0.25) is 0 Å². The van der Waals surface area contributed by atoms with Crippen molar-refractivity contribution in [3.05, 3.63) is 65.2 Å². The lowest BCUT2D eigenvalue weighted by Crippen LogP contribution is -1.91. The highest BCUT2D eigenvalue weighted by Crippen LogP contribution is 2.23. The average Bonchev–Trinajstić information content (AvgIpc) is 2.25. The van der Waals surface area contributed by atoms with Gasteiger partial charge in [0.25, 0.3) is 0 Å². The van der Waals surface area contributed by atoms with Crippen LogP contribution in [0.5, 0.6) is 5.75 Å². The normalized spacial score (nSPS) is 10.2. The van der Waals surface area contributed by atoms with Crippen LogP contribution in [0.25, 0.3) is 0 Å². The second-order valence-electron chi connectivity index (χ2n) is 3.73. The van der Waals surface area contributed by atoms with Crippen molar-refractivity contribution >= 4 is 0 Å². The zero-order chi connectivity index (χ0) is 10.7. The Bertz CT molecular complexity index is 426. The van der Waals surface area contributed by atoms with Crippen LogP contribution >= 0.6 is 0 Å². The van der Waals surface area contributed by atoms with Crippen molar-refractivity contribution in [2.24, 2.45) is 0 Å². The highest BCUT2D eigenvalue weighted by Gasteiger charge is 2.04. The van der Waals surface area contributed by atoms with Crippen LogP contribution in [0.4, 0.5) is 0 Å². The number of hydrogen-bond donors (Lipinski definition) is 1. The largest absolute Gasteiger partial charge is 0.508 e. The van der Waals surface area contributed by atoms with Gasteiger partial charge in [-0.05, 0) is 24.1 Å². The van der Waals surface area contributed by atoms with Gasteiger partial charge in [-0.3, -0.25) is 0 Å². The van der Waals surface area contributed by atoms with Crippen LogP contribution < -0.4 is 0 Å². The van der Waals surface area contributed by atoms with E-state index in [2.05, 4.69) is 12.1 Å². The molecular formula is C14H14O. The molecule has 2 rings (SSSR count). The lowest BCUT2D eigenvalue weighted by molar-refractivity contribution is 0.469. The van der Waals surface area contributed by atoms with Crippen molar-refractivity contribution in [2.45, 2.75) is 13.3 Å². The Morgan fingerprint density at radius 2 is 1.67 bits per heavy atom. The fraction of sp³-hybridized carbons (Fsp3) is 0.143. The monoisotopic (exact) mass is 198 g/mol. The first-order valence-corrected chi connectivity index (χ1v) is 5.09. The predicted octanol–water partition coefficient (Wildman–Crippen LogP) is 3.29. The SMILES string of the molecule is Cc1cccc(O)c1Cc1ccccc1. The molecule has 15 heavy (non-hydrogen) atoms. The molecule has 0 bridgehead atoms. The molecule has 0 aliphatic rings. The molecule has 0 saturated heterocycles. The first-order valence-electron chi connectivity index (χ1n) is 5.09. The van der Waals surface area contributed by atoms with Crippen LogP contribution in [0, 0.1) is 6.92 Å². The van der Waals surface area contributed by atoms with Crippen LogP contribution in [0.2, 0.25) is 0 Å². The number of hydrogen-bond acceptors (Lipinski definition) is 1. The average molecular weight is 198 g/mol. The summed E-state index contributed by atoms with van der Waals surface area (Å²) in [6, 6.07) is 15.8. The third-order valence-electron chi connectivity index (χ3n) is 2.61. The Morgan fingerprint density at radius 3 is 2.33 bits per heavy atom. The Hall–Kier alpha value is -1.76. The van der Waals surface area contributed by atoms with E-state index < -0.39 is 0 Å². The van der Waals surface area contributed by atoms with E-state index in [-0.39, 0.29) is 0 Å². The standard InChI is InChI=1S/C14H14O/c1-11-6-5-9-14(15)13(11)10-12-7-3-2-4-8-12/h2-9,15H,10H2,1H3. The molecule has 1 N–H and O–H groups in total. The molecule has 1 heteroatoms. The fourth-order valence-corrected chi connectivity index (χ4v) is 1.72. The summed E-state index contributed by atoms with van der Waals surface area (Å²) >= 11 is 0. The summed E-state index contributed by atoms with van der Waals surface area (Å²) in [6.45, 7) is 2.03. The smallest absolute Gasteiger partial charge is 0.119 e. The van der Waals surface area contributed by atoms with Gasteiger partial charge in [-0.2, -0.15) is 0 Å². The summed E-state index contributed by atoms with van der Waals surface area (Å²) in [6.07, 6.45) is 0.791. The predicted molar refractivity (Wildman–Crippen MR) is 62.1 cm³/mol. The molecule has 0 atom stereocenters. The Kier molecular flexibility index (Phi) is 2.72. The van der Waals surface area contributed by atoms with Crippen LogP contribution in [0.15, 0.2) is 48.5 Å². The maximum atomic E-state index is 9.75. The third-order valence-corrected chi connectivity index (χ3v) is 2.61. The molecule has 0 fully saturated rings. The summed E-state index contributed by atoms with van der Waals surface area (Å²) in [5.41, 5.74) is 3.38. The minimum atomic E-state index is 0.388. The van der Waals surface area contributed by atoms with Gasteiger partial charge in [-0.15, -0.1) is 0 Å². The van der Waals surface area contributed by atoms with Gasteiger partial charge < -0.3 is 5.11 Å². The first-order chi connectivity index (χ1) is 7.27. The lowest BCUT2D eigenvalue weighted by Gasteiger charge is -2.07. The zero-order valence-electron chi connectivity index (χ0n) is 8.77. The van der Waals surface area contributed by atoms with Gasteiger partial charge in [-0.25, -0.2) is 0 Å². The van der Waals surface area contributed by atoms with Crippen LogP contribution in [0.3, 0.4) is 0 Å². The summed E-state index contributed by atoms with van der Waals surface area (Å²) in [5, 5.41) is 9.75. The second kappa shape index (κ2) is 4.18. The van der Waals surface area contributed by atoms with Crippen molar-refractivity contribution in [2.75, 3.05) is 0 Å². The van der Waals surface area contributed by atoms with Crippen molar-refractivity contribution < 1.29 is 5.11 Å². The minimum absolute atomic E-state index is 0.388. The number of phenols is 1. The van der Waals surface area contributed by atoms with Crippen molar-refractivity contribution in [3.8, 4) is 5.75 Å². The van der Waals surface area contributed by atoms with Crippen molar-refractivity contribution in [1.29, 1.82) is 0 Å². The molecule has 0 saturated carbocycles. The summed E-state index contributed by atoms with van der Waals surface area (Å²) in [5.74, 6) is 0.388. The minimum Gasteiger partial charge on any atom is -0.508 e. The van der Waals surface area contributed by atoms with E-state index in [0.717, 1.165) is 17.5 Å². The van der Waals surface area contributed by atoms with Gasteiger partial charge >= 0.3 is 0 Å². The highest BCUT2D eigenvalue weighted by molar-refractivity contribution is 5.41. The summed E-state index contributed by atoms with van der Waals surface area (Å²) < 4.78 is 0. The number of phenolic OH excluding ortho intramolecular Hbond substituents is 1. The van der Waals surface area contributed by atoms with E-state index in [1.54, 1.807) is 6.07 Å². The number of aromatic hydroxyl groups is 1. The van der Waals surface area contributed by atoms with Crippen molar-refractivity contribution in [1.82, 2.24) is 0 Å². The van der Waals surface area contributed by atoms with Crippen LogP contribution in [-0.2, 0) is 6.42 Å². The van der Waals surface area contributed by atoms with Gasteiger partial charge in [0.05, 0.1) is 0 Å². The molecule has 0 spiro atoms. The van der Waals surface area contributed by atoms with E-state index in [1.807, 2.05) is 37.3 Å². The molecule has 0 heterocycles. The molecule has 0 aromatic heterocycles. The summed E-state index contributed by atoms with van der Waals surface area (Å²) in [4.78, 5) is 0. The Balaban J connectivity index is 2.32. The van der Waals surface area contributed by atoms with E-state index in [4.69, 9.17) is 0 Å². The molecule has 0 radical (unpaired) electrons. The van der Waals surface area contributed by atoms with Gasteiger partial charge in [-0.1, -0.05) is 42.5 Å². The topological polar surface area (TPSA) is 20.2 Å². The van der Waals surface area contributed by atoms with E-state index in [1.165, 1.54) is 5.56 Å². The molecular weight excluding hydrogens is 184 g/mol. The molecule has 0 amide bonds. The quantitative estimate of drug-likeness (QED) is 0.785. The van der Waals surface area contributed by atoms with Gasteiger partial charge in [0.1, 0.15) is 5.75 Å². The lowest BCUT2D eigenvalue weighted by atomic mass is 10.00. The van der Waals surface area contributed by atoms with Crippen molar-refractivity contribution in [3.63, 3.8) is 0 Å². The molecule has 0 aliphatic carbocycles. The first kappa shape index (κ1) is 9.78. The second-order valence-corrected chi connectivity index (χ2v) is 3.73. The van der Waals surface area contributed by atoms with E-state index in [9.17, 15) is 5.11 Å². The number of aryl methyl sites for hydroxylation is 1. The fourth-order valence-electron chi connectivity index (χ4n) is 1.72. The van der Waals surface area contributed by atoms with Gasteiger partial charge in [0.15, 0.2) is 0 Å². The Labute approximate surface area is 90.0 Å². The third kappa shape index (κ3) is 2.18. The molecule has 0 unspecified atom stereocenters.